The summed E-state index contributed by atoms with van der Waals surface area (Å²) >= 11 is 0. The van der Waals surface area contributed by atoms with Gasteiger partial charge in [-0.15, -0.1) is 0 Å². The molecule has 6 aliphatic rings. The first-order valence-corrected chi connectivity index (χ1v) is 25.6. The molecule has 2 aliphatic carbocycles. The average molecular weight is 1000 g/mol. The van der Waals surface area contributed by atoms with Crippen LogP contribution in [0.4, 0.5) is 0 Å². The van der Waals surface area contributed by atoms with E-state index >= 15 is 0 Å². The van der Waals surface area contributed by atoms with Gasteiger partial charge in [-0.2, -0.15) is 0 Å². The van der Waals surface area contributed by atoms with Gasteiger partial charge in [0.25, 0.3) is 0 Å². The summed E-state index contributed by atoms with van der Waals surface area (Å²) < 4.78 is 47.2. The SMILES string of the molecule is OCC1O[C@H](O[C@@H]2C(CO)O[C@@H](OCC(CCCCC3CCCCC3)(CCCCC3CCCCC3)CO[C@@H]3OC(CO)[C@@H](O[C@H]4OC(CO)[C@@H](O)[C@H](O)C4O)[C@H](O)C3O)C(O)[C@H]2O)C(O)[C@@H](O)[C@@H]1O. The molecular formula is C47H84O22. The van der Waals surface area contributed by atoms with Gasteiger partial charge in [0.15, 0.2) is 25.2 Å². The fraction of sp³-hybridized carbons (Fsp3) is 1.00. The molecule has 22 heteroatoms. The van der Waals surface area contributed by atoms with Crippen molar-refractivity contribution in [2.24, 2.45) is 17.3 Å². The Morgan fingerprint density at radius 3 is 1.04 bits per heavy atom. The second-order valence-electron chi connectivity index (χ2n) is 20.6. The van der Waals surface area contributed by atoms with Crippen molar-refractivity contribution in [2.45, 2.75) is 238 Å². The summed E-state index contributed by atoms with van der Waals surface area (Å²) in [6.45, 7) is -3.23. The lowest BCUT2D eigenvalue weighted by Crippen LogP contribution is -2.65. The number of ether oxygens (including phenoxy) is 8. The van der Waals surface area contributed by atoms with Gasteiger partial charge in [-0.05, 0) is 24.7 Å². The topological polar surface area (TPSA) is 357 Å². The van der Waals surface area contributed by atoms with Crippen LogP contribution in [0.5, 0.6) is 0 Å². The van der Waals surface area contributed by atoms with Gasteiger partial charge in [0.05, 0.1) is 39.6 Å². The van der Waals surface area contributed by atoms with E-state index in [1.165, 1.54) is 64.2 Å². The monoisotopic (exact) mass is 1000 g/mol. The van der Waals surface area contributed by atoms with Crippen LogP contribution < -0.4 is 0 Å². The quantitative estimate of drug-likeness (QED) is 0.0446. The van der Waals surface area contributed by atoms with E-state index in [1.807, 2.05) is 0 Å². The first-order chi connectivity index (χ1) is 33.1. The van der Waals surface area contributed by atoms with E-state index in [0.29, 0.717) is 24.7 Å². The summed E-state index contributed by atoms with van der Waals surface area (Å²) in [6, 6.07) is 0. The molecule has 0 aromatic heterocycles. The van der Waals surface area contributed by atoms with E-state index in [1.54, 1.807) is 0 Å². The summed E-state index contributed by atoms with van der Waals surface area (Å²) in [7, 11) is 0. The summed E-state index contributed by atoms with van der Waals surface area (Å²) in [5, 5.41) is 148. The lowest BCUT2D eigenvalue weighted by Gasteiger charge is -2.47. The third-order valence-electron chi connectivity index (χ3n) is 15.6. The van der Waals surface area contributed by atoms with Crippen molar-refractivity contribution in [3.05, 3.63) is 0 Å². The molecule has 0 amide bonds. The van der Waals surface area contributed by atoms with Crippen LogP contribution in [-0.4, -0.2) is 234 Å². The van der Waals surface area contributed by atoms with Gasteiger partial charge in [-0.1, -0.05) is 103 Å². The highest BCUT2D eigenvalue weighted by molar-refractivity contribution is 4.97. The van der Waals surface area contributed by atoms with E-state index < -0.39 is 155 Å². The zero-order chi connectivity index (χ0) is 49.8. The summed E-state index contributed by atoms with van der Waals surface area (Å²) in [5.41, 5.74) is -0.863. The van der Waals surface area contributed by atoms with Crippen molar-refractivity contribution in [1.29, 1.82) is 0 Å². The van der Waals surface area contributed by atoms with Crippen LogP contribution in [0.3, 0.4) is 0 Å². The van der Waals surface area contributed by atoms with E-state index in [4.69, 9.17) is 37.9 Å². The maximum Gasteiger partial charge on any atom is 0.187 e. The van der Waals surface area contributed by atoms with Gasteiger partial charge in [-0.25, -0.2) is 0 Å². The van der Waals surface area contributed by atoms with Gasteiger partial charge < -0.3 is 109 Å². The van der Waals surface area contributed by atoms with Crippen LogP contribution in [0.25, 0.3) is 0 Å². The minimum Gasteiger partial charge on any atom is -0.394 e. The Labute approximate surface area is 404 Å². The van der Waals surface area contributed by atoms with Gasteiger partial charge >= 0.3 is 0 Å². The second kappa shape index (κ2) is 27.6. The molecule has 6 rings (SSSR count). The van der Waals surface area contributed by atoms with Crippen LogP contribution in [0, 0.1) is 17.3 Å². The maximum absolute atomic E-state index is 11.5. The fourth-order valence-corrected chi connectivity index (χ4v) is 11.2. The number of unbranched alkanes of at least 4 members (excludes halogenated alkanes) is 2. The standard InChI is InChI=1S/C47H84O22/c48-19-27-31(52)33(54)37(58)45(64-27)68-41-29(21-50)66-43(39(60)35(41)56)62-23-47(17-9-7-15-25-11-3-1-4-12-25,18-10-8-16-26-13-5-2-6-14-26)24-63-44-40(61)36(57)42(30(22-51)67-44)69-46-38(59)34(55)32(53)28(20-49)65-46/h25-46,48-61H,1-24H2/t27?,28?,29?,30?,31-,32-,33+,34+,35-,36-,37?,38?,39?,40?,41-,42-,43-,44-,45-,46-/m1/s1. The average Bonchev–Trinajstić information content (AvgIpc) is 3.37. The molecule has 0 radical (unpaired) electrons. The van der Waals surface area contributed by atoms with Crippen molar-refractivity contribution in [3.8, 4) is 0 Å². The predicted molar refractivity (Wildman–Crippen MR) is 237 cm³/mol. The number of aliphatic hydroxyl groups is 14. The van der Waals surface area contributed by atoms with Crippen molar-refractivity contribution in [2.75, 3.05) is 39.6 Å². The van der Waals surface area contributed by atoms with Gasteiger partial charge in [0, 0.05) is 5.41 Å². The summed E-state index contributed by atoms with van der Waals surface area (Å²) in [4.78, 5) is 0. The minimum atomic E-state index is -1.83. The van der Waals surface area contributed by atoms with Crippen LogP contribution in [0.1, 0.15) is 116 Å². The zero-order valence-corrected chi connectivity index (χ0v) is 39.7. The highest BCUT2D eigenvalue weighted by Crippen LogP contribution is 2.39. The molecule has 2 saturated carbocycles. The molecule has 8 unspecified atom stereocenters. The highest BCUT2D eigenvalue weighted by Gasteiger charge is 2.53. The van der Waals surface area contributed by atoms with Crippen LogP contribution in [0.15, 0.2) is 0 Å². The van der Waals surface area contributed by atoms with Crippen LogP contribution in [0.2, 0.25) is 0 Å². The van der Waals surface area contributed by atoms with Gasteiger partial charge in [-0.3, -0.25) is 0 Å². The molecule has 20 atom stereocenters. The lowest BCUT2D eigenvalue weighted by molar-refractivity contribution is -0.365. The number of rotatable bonds is 24. The minimum absolute atomic E-state index is 0.123. The van der Waals surface area contributed by atoms with Gasteiger partial charge in [0.1, 0.15) is 97.7 Å². The van der Waals surface area contributed by atoms with Crippen LogP contribution >= 0.6 is 0 Å². The molecule has 14 N–H and O–H groups in total. The maximum atomic E-state index is 11.5. The van der Waals surface area contributed by atoms with E-state index in [9.17, 15) is 71.5 Å². The molecule has 6 fully saturated rings. The molecule has 4 heterocycles. The molecule has 4 saturated heterocycles. The molecule has 22 nitrogen and oxygen atoms in total. The van der Waals surface area contributed by atoms with Crippen LogP contribution in [-0.2, 0) is 37.9 Å². The number of hydrogen-bond donors (Lipinski definition) is 14. The van der Waals surface area contributed by atoms with Crippen molar-refractivity contribution in [3.63, 3.8) is 0 Å². The van der Waals surface area contributed by atoms with Crippen molar-refractivity contribution < 1.29 is 109 Å². The molecule has 0 aromatic carbocycles. The Morgan fingerprint density at radius 1 is 0.362 bits per heavy atom. The van der Waals surface area contributed by atoms with E-state index in [2.05, 4.69) is 0 Å². The Kier molecular flexibility index (Phi) is 23.0. The first-order valence-electron chi connectivity index (χ1n) is 25.6. The smallest absolute Gasteiger partial charge is 0.187 e. The Hall–Kier alpha value is -0.880. The molecule has 69 heavy (non-hydrogen) atoms. The normalized spacial score (nSPS) is 42.2. The Bertz CT molecular complexity index is 1330. The summed E-state index contributed by atoms with van der Waals surface area (Å²) in [5.74, 6) is 1.25. The third-order valence-corrected chi connectivity index (χ3v) is 15.6. The fourth-order valence-electron chi connectivity index (χ4n) is 11.2. The molecular weight excluding hydrogens is 916 g/mol. The molecule has 0 bridgehead atoms. The molecule has 404 valence electrons. The van der Waals surface area contributed by atoms with Gasteiger partial charge in [0.2, 0.25) is 0 Å². The van der Waals surface area contributed by atoms with Crippen molar-refractivity contribution in [1.82, 2.24) is 0 Å². The zero-order valence-electron chi connectivity index (χ0n) is 39.7. The predicted octanol–water partition coefficient (Wildman–Crippen LogP) is -2.46. The number of hydrogen-bond acceptors (Lipinski definition) is 22. The molecule has 0 spiro atoms. The third kappa shape index (κ3) is 14.7. The molecule has 0 aromatic rings. The largest absolute Gasteiger partial charge is 0.394 e. The van der Waals surface area contributed by atoms with E-state index in [0.717, 1.165) is 38.5 Å². The first kappa shape index (κ1) is 57.4. The summed E-state index contributed by atoms with van der Waals surface area (Å²) in [6.07, 6.45) is -14.2. The lowest BCUT2D eigenvalue weighted by atomic mass is 9.77. The Morgan fingerprint density at radius 2 is 0.696 bits per heavy atom. The highest BCUT2D eigenvalue weighted by atomic mass is 16.8. The number of aliphatic hydroxyl groups excluding tert-OH is 14. The Balaban J connectivity index is 1.19. The van der Waals surface area contributed by atoms with E-state index in [-0.39, 0.29) is 13.2 Å². The van der Waals surface area contributed by atoms with Crippen molar-refractivity contribution >= 4 is 0 Å². The molecule has 4 aliphatic heterocycles. The second-order valence-corrected chi connectivity index (χ2v) is 20.6.